The molecule has 0 bridgehead atoms. The Morgan fingerprint density at radius 1 is 1.02 bits per heavy atom. The molecule has 0 saturated carbocycles. The molecule has 216 valence electrons. The van der Waals surface area contributed by atoms with Crippen molar-refractivity contribution in [3.63, 3.8) is 0 Å². The van der Waals surface area contributed by atoms with Crippen LogP contribution in [0.3, 0.4) is 0 Å². The molecule has 1 fully saturated rings. The van der Waals surface area contributed by atoms with Crippen LogP contribution >= 0.6 is 11.6 Å². The normalized spacial score (nSPS) is 16.1. The molecular weight excluding hydrogens is 571 g/mol. The lowest BCUT2D eigenvalue weighted by atomic mass is 10.1. The van der Waals surface area contributed by atoms with Gasteiger partial charge in [0.2, 0.25) is 5.91 Å². The molecule has 3 amide bonds. The van der Waals surface area contributed by atoms with Gasteiger partial charge < -0.3 is 9.30 Å². The number of hydrogen-bond donors (Lipinski definition) is 1. The van der Waals surface area contributed by atoms with E-state index >= 15 is 0 Å². The Labute approximate surface area is 244 Å². The molecule has 42 heavy (non-hydrogen) atoms. The van der Waals surface area contributed by atoms with Crippen LogP contribution in [0.15, 0.2) is 66.9 Å². The maximum atomic E-state index is 14.4. The SMILES string of the molecule is Cn1c(N2CCC(=O)NC2=O)cnc1-c1ccc2c(c1)CN([C@H](c1ccc(Oc3c(F)cccc3Cl)cc1)C(F)F)C2. The van der Waals surface area contributed by atoms with Crippen LogP contribution in [0, 0.1) is 5.82 Å². The van der Waals surface area contributed by atoms with Crippen molar-refractivity contribution in [1.29, 1.82) is 0 Å². The molecule has 0 radical (unpaired) electrons. The molecule has 0 unspecified atom stereocenters. The lowest BCUT2D eigenvalue weighted by Gasteiger charge is -2.27. The number of anilines is 1. The summed E-state index contributed by atoms with van der Waals surface area (Å²) in [6.07, 6.45) is -0.891. The molecule has 0 aliphatic carbocycles. The van der Waals surface area contributed by atoms with Crippen LogP contribution in [-0.4, -0.2) is 39.4 Å². The summed E-state index contributed by atoms with van der Waals surface area (Å²) in [6.45, 7) is 0.887. The monoisotopic (exact) mass is 595 g/mol. The number of para-hydroxylation sites is 1. The van der Waals surface area contributed by atoms with Crippen LogP contribution in [0.2, 0.25) is 5.02 Å². The number of rotatable bonds is 7. The second-order valence-corrected chi connectivity index (χ2v) is 10.6. The number of hydrogen-bond acceptors (Lipinski definition) is 5. The average Bonchev–Trinajstić information content (AvgIpc) is 3.54. The predicted molar refractivity (Wildman–Crippen MR) is 150 cm³/mol. The number of alkyl halides is 2. The lowest BCUT2D eigenvalue weighted by molar-refractivity contribution is -0.120. The summed E-state index contributed by atoms with van der Waals surface area (Å²) in [7, 11) is 1.78. The number of benzene rings is 3. The van der Waals surface area contributed by atoms with Gasteiger partial charge in [-0.1, -0.05) is 41.9 Å². The van der Waals surface area contributed by atoms with E-state index in [1.54, 1.807) is 34.8 Å². The topological polar surface area (TPSA) is 79.7 Å². The molecule has 2 aliphatic rings. The first-order valence-electron chi connectivity index (χ1n) is 13.2. The number of nitrogens with zero attached hydrogens (tertiary/aromatic N) is 4. The Balaban J connectivity index is 1.20. The van der Waals surface area contributed by atoms with Crippen LogP contribution < -0.4 is 15.0 Å². The number of imide groups is 1. The van der Waals surface area contributed by atoms with E-state index in [1.165, 1.54) is 35.2 Å². The molecular formula is C30H25ClF3N5O3. The third-order valence-corrected chi connectivity index (χ3v) is 7.80. The second kappa shape index (κ2) is 11.1. The molecule has 12 heteroatoms. The van der Waals surface area contributed by atoms with Gasteiger partial charge in [0, 0.05) is 38.7 Å². The van der Waals surface area contributed by atoms with Gasteiger partial charge in [-0.05, 0) is 47.0 Å². The number of carbonyl (C=O) groups excluding carboxylic acids is 2. The third-order valence-electron chi connectivity index (χ3n) is 7.50. The smallest absolute Gasteiger partial charge is 0.329 e. The molecule has 1 atom stereocenters. The minimum Gasteiger partial charge on any atom is -0.453 e. The van der Waals surface area contributed by atoms with Crippen LogP contribution in [0.25, 0.3) is 11.4 Å². The van der Waals surface area contributed by atoms with Crippen molar-refractivity contribution in [1.82, 2.24) is 19.8 Å². The van der Waals surface area contributed by atoms with Gasteiger partial charge >= 0.3 is 6.03 Å². The van der Waals surface area contributed by atoms with Gasteiger partial charge in [-0.3, -0.25) is 19.9 Å². The summed E-state index contributed by atoms with van der Waals surface area (Å²) < 4.78 is 50.3. The number of imidazole rings is 1. The Kier molecular flexibility index (Phi) is 7.38. The minimum absolute atomic E-state index is 0.106. The fourth-order valence-corrected chi connectivity index (χ4v) is 5.61. The van der Waals surface area contributed by atoms with E-state index in [9.17, 15) is 22.8 Å². The molecule has 6 rings (SSSR count). The Bertz CT molecular complexity index is 1660. The van der Waals surface area contributed by atoms with Crippen LogP contribution in [0.1, 0.15) is 29.2 Å². The number of ether oxygens (including phenoxy) is 1. The van der Waals surface area contributed by atoms with Crippen molar-refractivity contribution in [2.45, 2.75) is 32.0 Å². The van der Waals surface area contributed by atoms with Gasteiger partial charge in [-0.15, -0.1) is 0 Å². The van der Waals surface area contributed by atoms with E-state index in [0.29, 0.717) is 30.3 Å². The van der Waals surface area contributed by atoms with Crippen LogP contribution in [0.5, 0.6) is 11.5 Å². The Morgan fingerprint density at radius 3 is 2.50 bits per heavy atom. The summed E-state index contributed by atoms with van der Waals surface area (Å²) in [6, 6.07) is 14.4. The maximum Gasteiger partial charge on any atom is 0.329 e. The van der Waals surface area contributed by atoms with E-state index in [0.717, 1.165) is 16.7 Å². The molecule has 8 nitrogen and oxygen atoms in total. The van der Waals surface area contributed by atoms with Crippen molar-refractivity contribution in [3.05, 3.63) is 94.4 Å². The molecule has 1 saturated heterocycles. The zero-order chi connectivity index (χ0) is 29.5. The zero-order valence-corrected chi connectivity index (χ0v) is 23.1. The number of urea groups is 1. The fraction of sp³-hybridized carbons (Fsp3) is 0.233. The largest absolute Gasteiger partial charge is 0.453 e. The first-order valence-corrected chi connectivity index (χ1v) is 13.6. The predicted octanol–water partition coefficient (Wildman–Crippen LogP) is 6.44. The van der Waals surface area contributed by atoms with Crippen molar-refractivity contribution in [2.24, 2.45) is 7.05 Å². The number of fused-ring (bicyclic) bond motifs is 1. The van der Waals surface area contributed by atoms with E-state index < -0.39 is 24.3 Å². The van der Waals surface area contributed by atoms with Crippen LogP contribution in [-0.2, 0) is 24.9 Å². The van der Waals surface area contributed by atoms with Crippen molar-refractivity contribution in [3.8, 4) is 22.9 Å². The maximum absolute atomic E-state index is 14.4. The summed E-state index contributed by atoms with van der Waals surface area (Å²) in [5, 5.41) is 2.41. The highest BCUT2D eigenvalue weighted by atomic mass is 35.5. The van der Waals surface area contributed by atoms with Gasteiger partial charge in [-0.25, -0.2) is 22.9 Å². The number of halogens is 4. The quantitative estimate of drug-likeness (QED) is 0.266. The van der Waals surface area contributed by atoms with Gasteiger partial charge in [0.25, 0.3) is 6.43 Å². The summed E-state index contributed by atoms with van der Waals surface area (Å²) in [5.74, 6) is 0.349. The van der Waals surface area contributed by atoms with E-state index in [1.807, 2.05) is 18.2 Å². The molecule has 1 aromatic heterocycles. The second-order valence-electron chi connectivity index (χ2n) is 10.1. The van der Waals surface area contributed by atoms with E-state index in [2.05, 4.69) is 10.3 Å². The van der Waals surface area contributed by atoms with Crippen molar-refractivity contribution < 1.29 is 27.5 Å². The summed E-state index contributed by atoms with van der Waals surface area (Å²) >= 11 is 6.03. The molecule has 4 aromatic rings. The first-order chi connectivity index (χ1) is 20.2. The van der Waals surface area contributed by atoms with Gasteiger partial charge in [0.05, 0.1) is 17.3 Å². The van der Waals surface area contributed by atoms with Gasteiger partial charge in [0.1, 0.15) is 17.4 Å². The third kappa shape index (κ3) is 5.21. The molecule has 0 spiro atoms. The average molecular weight is 596 g/mol. The van der Waals surface area contributed by atoms with E-state index in [-0.39, 0.29) is 35.4 Å². The number of amides is 3. The lowest BCUT2D eigenvalue weighted by Crippen LogP contribution is -2.50. The Hall–Kier alpha value is -4.35. The van der Waals surface area contributed by atoms with Crippen molar-refractivity contribution in [2.75, 3.05) is 11.4 Å². The highest BCUT2D eigenvalue weighted by Crippen LogP contribution is 2.38. The van der Waals surface area contributed by atoms with E-state index in [4.69, 9.17) is 16.3 Å². The van der Waals surface area contributed by atoms with Gasteiger partial charge in [-0.2, -0.15) is 0 Å². The number of nitrogens with one attached hydrogen (secondary N) is 1. The van der Waals surface area contributed by atoms with Crippen LogP contribution in [0.4, 0.5) is 23.8 Å². The van der Waals surface area contributed by atoms with Crippen molar-refractivity contribution >= 4 is 29.4 Å². The first kappa shape index (κ1) is 27.8. The molecule has 3 heterocycles. The summed E-state index contributed by atoms with van der Waals surface area (Å²) in [5.41, 5.74) is 3.01. The minimum atomic E-state index is -2.66. The molecule has 3 aromatic carbocycles. The highest BCUT2D eigenvalue weighted by Gasteiger charge is 2.34. The number of aromatic nitrogens is 2. The zero-order valence-electron chi connectivity index (χ0n) is 22.4. The molecule has 2 aliphatic heterocycles. The Morgan fingerprint density at radius 2 is 1.79 bits per heavy atom. The fourth-order valence-electron chi connectivity index (χ4n) is 5.41. The molecule has 1 N–H and O–H groups in total. The standard InChI is InChI=1S/C30H25ClF3N5O3/c1-37-25(39-12-11-24(40)36-30(39)41)14-35-29(37)18-5-6-19-15-38(16-20(19)13-18)26(28(33)34)17-7-9-21(10-8-17)42-27-22(31)3-2-4-23(27)32/h2-10,13-14,26,28H,11-12,15-16H2,1H3,(H,36,40,41)/t26-/m1/s1. The highest BCUT2D eigenvalue weighted by molar-refractivity contribution is 6.32. The summed E-state index contributed by atoms with van der Waals surface area (Å²) in [4.78, 5) is 31.5. The van der Waals surface area contributed by atoms with Gasteiger partial charge in [0.15, 0.2) is 11.6 Å². The number of carbonyl (C=O) groups is 2.